The van der Waals surface area contributed by atoms with E-state index in [0.29, 0.717) is 0 Å². The van der Waals surface area contributed by atoms with Crippen LogP contribution >= 0.6 is 10.7 Å². The van der Waals surface area contributed by atoms with Crippen molar-refractivity contribution in [2.24, 2.45) is 0 Å². The molecule has 1 saturated carbocycles. The van der Waals surface area contributed by atoms with Gasteiger partial charge in [-0.05, 0) is 0 Å². The zero-order valence-electron chi connectivity index (χ0n) is 5.97. The molecule has 0 amide bonds. The molecule has 0 saturated heterocycles. The van der Waals surface area contributed by atoms with Crippen molar-refractivity contribution < 1.29 is 21.9 Å². The molecule has 0 spiro atoms. The summed E-state index contributed by atoms with van der Waals surface area (Å²) in [5.41, 5.74) is 0. The summed E-state index contributed by atoms with van der Waals surface area (Å²) >= 11 is 0. The lowest BCUT2D eigenvalue weighted by atomic mass is 10.7. The van der Waals surface area contributed by atoms with Crippen molar-refractivity contribution in [2.75, 3.05) is 12.4 Å². The fourth-order valence-corrected chi connectivity index (χ4v) is 1.14. The second-order valence-electron chi connectivity index (χ2n) is 2.57. The van der Waals surface area contributed by atoms with Crippen LogP contribution in [0.5, 0.6) is 0 Å². The largest absolute Gasteiger partial charge is 0.371 e. The molecule has 1 aliphatic carbocycles. The standard InChI is InChI=1S/C5H7ClF2O3S/c6-12(9,10)2-1-11-4-3-5(4,7)8/h4H,1-3H2/t4-/m0/s1. The molecule has 12 heavy (non-hydrogen) atoms. The van der Waals surface area contributed by atoms with Crippen LogP contribution in [0.25, 0.3) is 0 Å². The van der Waals surface area contributed by atoms with E-state index in [4.69, 9.17) is 10.7 Å². The Kier molecular flexibility index (Phi) is 2.60. The molecule has 72 valence electrons. The molecule has 0 N–H and O–H groups in total. The van der Waals surface area contributed by atoms with Crippen molar-refractivity contribution in [1.82, 2.24) is 0 Å². The smallest absolute Gasteiger partial charge is 0.276 e. The minimum absolute atomic E-state index is 0.272. The summed E-state index contributed by atoms with van der Waals surface area (Å²) in [7, 11) is 1.19. The molecule has 0 bridgehead atoms. The molecule has 3 nitrogen and oxygen atoms in total. The zero-order valence-corrected chi connectivity index (χ0v) is 7.54. The van der Waals surface area contributed by atoms with Gasteiger partial charge in [0.05, 0.1) is 12.4 Å². The van der Waals surface area contributed by atoms with E-state index in [1.54, 1.807) is 0 Å². The molecular weight excluding hydrogens is 214 g/mol. The molecule has 0 radical (unpaired) electrons. The maximum absolute atomic E-state index is 12.1. The lowest BCUT2D eigenvalue weighted by Gasteiger charge is -1.99. The van der Waals surface area contributed by atoms with Gasteiger partial charge in [-0.1, -0.05) is 0 Å². The van der Waals surface area contributed by atoms with Gasteiger partial charge in [0.25, 0.3) is 5.92 Å². The van der Waals surface area contributed by atoms with Gasteiger partial charge in [-0.3, -0.25) is 0 Å². The van der Waals surface area contributed by atoms with E-state index in [9.17, 15) is 17.2 Å². The average Bonchev–Trinajstić information content (AvgIpc) is 2.36. The van der Waals surface area contributed by atoms with E-state index < -0.39 is 26.8 Å². The fourth-order valence-electron chi connectivity index (χ4n) is 0.659. The van der Waals surface area contributed by atoms with Crippen LogP contribution in [-0.4, -0.2) is 32.8 Å². The van der Waals surface area contributed by atoms with Crippen molar-refractivity contribution in [3.8, 4) is 0 Å². The van der Waals surface area contributed by atoms with E-state index in [1.807, 2.05) is 0 Å². The number of rotatable bonds is 4. The SMILES string of the molecule is O=S(=O)(Cl)CCO[C@H]1CC1(F)F. The lowest BCUT2D eigenvalue weighted by Crippen LogP contribution is -2.11. The highest BCUT2D eigenvalue weighted by Gasteiger charge is 2.58. The maximum Gasteiger partial charge on any atom is 0.276 e. The predicted octanol–water partition coefficient (Wildman–Crippen LogP) is 0.979. The Morgan fingerprint density at radius 3 is 2.42 bits per heavy atom. The second-order valence-corrected chi connectivity index (χ2v) is 5.46. The Bertz CT molecular complexity index is 264. The van der Waals surface area contributed by atoms with Crippen molar-refractivity contribution in [2.45, 2.75) is 18.4 Å². The van der Waals surface area contributed by atoms with Crippen molar-refractivity contribution in [1.29, 1.82) is 0 Å². The van der Waals surface area contributed by atoms with Crippen LogP contribution < -0.4 is 0 Å². The first kappa shape index (κ1) is 10.1. The van der Waals surface area contributed by atoms with Gasteiger partial charge >= 0.3 is 0 Å². The van der Waals surface area contributed by atoms with E-state index in [-0.39, 0.29) is 13.0 Å². The average molecular weight is 221 g/mol. The van der Waals surface area contributed by atoms with Crippen LogP contribution in [0.1, 0.15) is 6.42 Å². The highest BCUT2D eigenvalue weighted by Crippen LogP contribution is 2.44. The monoisotopic (exact) mass is 220 g/mol. The minimum Gasteiger partial charge on any atom is -0.371 e. The van der Waals surface area contributed by atoms with Gasteiger partial charge in [0.2, 0.25) is 9.05 Å². The quantitative estimate of drug-likeness (QED) is 0.664. The molecule has 1 fully saturated rings. The number of halogens is 3. The van der Waals surface area contributed by atoms with Crippen LogP contribution in [0.3, 0.4) is 0 Å². The third-order valence-electron chi connectivity index (χ3n) is 1.41. The van der Waals surface area contributed by atoms with Crippen molar-refractivity contribution in [3.63, 3.8) is 0 Å². The maximum atomic E-state index is 12.1. The molecule has 0 heterocycles. The van der Waals surface area contributed by atoms with E-state index in [0.717, 1.165) is 0 Å². The van der Waals surface area contributed by atoms with E-state index >= 15 is 0 Å². The Hall–Kier alpha value is 0.0600. The van der Waals surface area contributed by atoms with E-state index in [1.165, 1.54) is 0 Å². The summed E-state index contributed by atoms with van der Waals surface area (Å²) in [4.78, 5) is 0. The first-order chi connectivity index (χ1) is 5.31. The minimum atomic E-state index is -3.63. The summed E-state index contributed by atoms with van der Waals surface area (Å²) < 4.78 is 49.3. The highest BCUT2D eigenvalue weighted by molar-refractivity contribution is 8.13. The molecule has 0 aliphatic heterocycles. The molecule has 7 heteroatoms. The van der Waals surface area contributed by atoms with Crippen molar-refractivity contribution in [3.05, 3.63) is 0 Å². The summed E-state index contributed by atoms with van der Waals surface area (Å²) in [6.45, 7) is -0.272. The molecule has 1 aliphatic rings. The van der Waals surface area contributed by atoms with Crippen LogP contribution in [0, 0.1) is 0 Å². The van der Waals surface area contributed by atoms with Crippen LogP contribution in [-0.2, 0) is 13.8 Å². The first-order valence-electron chi connectivity index (χ1n) is 3.23. The molecule has 0 aromatic rings. The van der Waals surface area contributed by atoms with Crippen LogP contribution in [0.2, 0.25) is 0 Å². The Morgan fingerprint density at radius 1 is 1.58 bits per heavy atom. The summed E-state index contributed by atoms with van der Waals surface area (Å²) in [6.07, 6.45) is -1.44. The normalized spacial score (nSPS) is 27.1. The van der Waals surface area contributed by atoms with Crippen LogP contribution in [0.4, 0.5) is 8.78 Å². The zero-order chi connectivity index (χ0) is 9.41. The van der Waals surface area contributed by atoms with E-state index in [2.05, 4.69) is 4.74 Å². The fraction of sp³-hybridized carbons (Fsp3) is 1.00. The molecule has 1 atom stereocenters. The highest BCUT2D eigenvalue weighted by atomic mass is 35.7. The van der Waals surface area contributed by atoms with Gasteiger partial charge < -0.3 is 4.74 Å². The van der Waals surface area contributed by atoms with Gasteiger partial charge in [-0.15, -0.1) is 0 Å². The number of ether oxygens (including phenoxy) is 1. The molecular formula is C5H7ClF2O3S. The lowest BCUT2D eigenvalue weighted by molar-refractivity contribution is 0.0187. The summed E-state index contributed by atoms with van der Waals surface area (Å²) in [6, 6.07) is 0. The Labute approximate surface area is 73.1 Å². The Balaban J connectivity index is 2.14. The summed E-state index contributed by atoms with van der Waals surface area (Å²) in [5, 5.41) is 0. The third kappa shape index (κ3) is 3.20. The van der Waals surface area contributed by atoms with Gasteiger partial charge in [0.15, 0.2) is 0 Å². The van der Waals surface area contributed by atoms with Crippen molar-refractivity contribution >= 4 is 19.7 Å². The van der Waals surface area contributed by atoms with Crippen LogP contribution in [0.15, 0.2) is 0 Å². The molecule has 0 aromatic heterocycles. The molecule has 0 unspecified atom stereocenters. The Morgan fingerprint density at radius 2 is 2.08 bits per heavy atom. The predicted molar refractivity (Wildman–Crippen MR) is 38.9 cm³/mol. The topological polar surface area (TPSA) is 43.4 Å². The number of hydrogen-bond acceptors (Lipinski definition) is 3. The van der Waals surface area contributed by atoms with Gasteiger partial charge in [0, 0.05) is 17.1 Å². The number of alkyl halides is 2. The van der Waals surface area contributed by atoms with Gasteiger partial charge in [0.1, 0.15) is 6.10 Å². The number of hydrogen-bond donors (Lipinski definition) is 0. The third-order valence-corrected chi connectivity index (χ3v) is 2.53. The van der Waals surface area contributed by atoms with Gasteiger partial charge in [-0.2, -0.15) is 0 Å². The summed E-state index contributed by atoms with van der Waals surface area (Å²) in [5.74, 6) is -3.20. The van der Waals surface area contributed by atoms with Gasteiger partial charge in [-0.25, -0.2) is 17.2 Å². The second kappa shape index (κ2) is 3.08. The molecule has 0 aromatic carbocycles. The first-order valence-corrected chi connectivity index (χ1v) is 5.71. The molecule has 1 rings (SSSR count).